The number of aryl methyl sites for hydroxylation is 2. The molecule has 0 bridgehead atoms. The van der Waals surface area contributed by atoms with Crippen molar-refractivity contribution in [2.45, 2.75) is 71.8 Å². The molecule has 2 aliphatic rings. The summed E-state index contributed by atoms with van der Waals surface area (Å²) >= 11 is 0. The van der Waals surface area contributed by atoms with Crippen molar-refractivity contribution in [3.05, 3.63) is 35.0 Å². The molecular formula is C25H31N3O3. The lowest BCUT2D eigenvalue weighted by molar-refractivity contribution is -0.126. The van der Waals surface area contributed by atoms with Crippen molar-refractivity contribution in [3.8, 4) is 11.1 Å². The van der Waals surface area contributed by atoms with E-state index < -0.39 is 12.0 Å². The van der Waals surface area contributed by atoms with E-state index in [0.29, 0.717) is 11.8 Å². The van der Waals surface area contributed by atoms with E-state index in [0.717, 1.165) is 77.1 Å². The van der Waals surface area contributed by atoms with Gasteiger partial charge in [0.05, 0.1) is 28.7 Å². The van der Waals surface area contributed by atoms with Gasteiger partial charge < -0.3 is 14.6 Å². The smallest absolute Gasteiger partial charge is 0.141 e. The number of rotatable bonds is 6. The van der Waals surface area contributed by atoms with E-state index in [9.17, 15) is 9.90 Å². The lowest BCUT2D eigenvalue weighted by Gasteiger charge is -2.27. The second-order valence-electron chi connectivity index (χ2n) is 9.82. The molecular weight excluding hydrogens is 390 g/mol. The number of hydrogen-bond acceptors (Lipinski definition) is 5. The summed E-state index contributed by atoms with van der Waals surface area (Å²) in [7, 11) is 0. The maximum atomic E-state index is 12.7. The third kappa shape index (κ3) is 3.61. The predicted octanol–water partition coefficient (Wildman–Crippen LogP) is 5.39. The van der Waals surface area contributed by atoms with Crippen molar-refractivity contribution >= 4 is 16.8 Å². The van der Waals surface area contributed by atoms with Crippen LogP contribution in [0.25, 0.3) is 22.2 Å². The summed E-state index contributed by atoms with van der Waals surface area (Å²) in [6, 6.07) is 4.06. The van der Waals surface area contributed by atoms with Crippen molar-refractivity contribution in [3.63, 3.8) is 0 Å². The molecule has 164 valence electrons. The van der Waals surface area contributed by atoms with Gasteiger partial charge in [0.15, 0.2) is 0 Å². The number of nitrogens with one attached hydrogen (secondary N) is 1. The van der Waals surface area contributed by atoms with Crippen molar-refractivity contribution in [1.29, 1.82) is 0 Å². The Kier molecular flexibility index (Phi) is 5.00. The first-order valence-corrected chi connectivity index (χ1v) is 11.5. The van der Waals surface area contributed by atoms with E-state index in [1.54, 1.807) is 6.92 Å². The number of aliphatic hydroxyl groups is 1. The monoisotopic (exact) mass is 421 g/mol. The zero-order valence-electron chi connectivity index (χ0n) is 18.7. The van der Waals surface area contributed by atoms with Crippen molar-refractivity contribution in [1.82, 2.24) is 15.1 Å². The first-order chi connectivity index (χ1) is 14.8. The van der Waals surface area contributed by atoms with Gasteiger partial charge in [0.1, 0.15) is 17.4 Å². The number of hydrogen-bond donors (Lipinski definition) is 2. The fourth-order valence-corrected chi connectivity index (χ4v) is 5.56. The Hall–Kier alpha value is -2.47. The van der Waals surface area contributed by atoms with Crippen LogP contribution in [0.4, 0.5) is 0 Å². The summed E-state index contributed by atoms with van der Waals surface area (Å²) in [6.07, 6.45) is 4.50. The van der Waals surface area contributed by atoms with Crippen molar-refractivity contribution in [2.24, 2.45) is 17.8 Å². The molecule has 2 fully saturated rings. The van der Waals surface area contributed by atoms with E-state index in [1.165, 1.54) is 0 Å². The second-order valence-corrected chi connectivity index (χ2v) is 9.82. The lowest BCUT2D eigenvalue weighted by Crippen LogP contribution is -2.27. The third-order valence-corrected chi connectivity index (χ3v) is 7.29. The van der Waals surface area contributed by atoms with Crippen LogP contribution in [-0.4, -0.2) is 26.0 Å². The van der Waals surface area contributed by atoms with E-state index in [4.69, 9.17) is 9.51 Å². The van der Waals surface area contributed by atoms with Crippen LogP contribution in [0, 0.1) is 31.6 Å². The molecule has 5 rings (SSSR count). The number of aromatic amines is 1. The summed E-state index contributed by atoms with van der Waals surface area (Å²) in [6.45, 7) is 7.67. The number of nitrogens with zero attached hydrogens (tertiary/aromatic N) is 2. The minimum absolute atomic E-state index is 0.0560. The summed E-state index contributed by atoms with van der Waals surface area (Å²) in [5.74, 6) is 2.65. The largest absolute Gasteiger partial charge is 0.388 e. The minimum Gasteiger partial charge on any atom is -0.388 e. The second kappa shape index (κ2) is 7.59. The highest BCUT2D eigenvalue weighted by molar-refractivity contribution is 5.88. The Labute approximate surface area is 182 Å². The molecule has 2 saturated carbocycles. The van der Waals surface area contributed by atoms with Gasteiger partial charge in [-0.05, 0) is 76.0 Å². The number of fused-ring (bicyclic) bond motifs is 1. The molecule has 0 amide bonds. The molecule has 0 radical (unpaired) electrons. The molecule has 0 spiro atoms. The maximum Gasteiger partial charge on any atom is 0.141 e. The molecule has 31 heavy (non-hydrogen) atoms. The van der Waals surface area contributed by atoms with Crippen LogP contribution in [0.3, 0.4) is 0 Å². The van der Waals surface area contributed by atoms with Gasteiger partial charge in [-0.15, -0.1) is 0 Å². The maximum absolute atomic E-state index is 12.7. The molecule has 2 aliphatic carbocycles. The Bertz CT molecular complexity index is 1120. The predicted molar refractivity (Wildman–Crippen MR) is 119 cm³/mol. The number of Topliss-reactive ketones (excluding diaryl/α,β-unsaturated/α-hetero) is 1. The van der Waals surface area contributed by atoms with E-state index in [1.807, 2.05) is 19.9 Å². The van der Waals surface area contributed by atoms with Crippen LogP contribution in [0.1, 0.15) is 80.8 Å². The molecule has 4 atom stereocenters. The molecule has 2 heterocycles. The van der Waals surface area contributed by atoms with Crippen molar-refractivity contribution < 1.29 is 14.4 Å². The summed E-state index contributed by atoms with van der Waals surface area (Å²) < 4.78 is 5.40. The quantitative estimate of drug-likeness (QED) is 0.557. The third-order valence-electron chi connectivity index (χ3n) is 7.29. The lowest BCUT2D eigenvalue weighted by atomic mass is 9.79. The number of ketones is 1. The van der Waals surface area contributed by atoms with Crippen LogP contribution in [0.15, 0.2) is 16.7 Å². The standard InChI is InChI=1S/C25H31N3O3/c1-12-5-6-17(9-12)22(14(3)29)24(30)19-10-18(21-13(2)28-31-15(21)4)11-20-23(19)27-25(26-20)16-7-8-16/h10-12,16-17,22,24,30H,5-9H2,1-4H3,(H,26,27). The van der Waals surface area contributed by atoms with Crippen molar-refractivity contribution in [2.75, 3.05) is 0 Å². The summed E-state index contributed by atoms with van der Waals surface area (Å²) in [5.41, 5.74) is 5.10. The van der Waals surface area contributed by atoms with Crippen LogP contribution >= 0.6 is 0 Å². The number of aliphatic hydroxyl groups excluding tert-OH is 1. The molecule has 0 aliphatic heterocycles. The van der Waals surface area contributed by atoms with Crippen LogP contribution in [0.2, 0.25) is 0 Å². The van der Waals surface area contributed by atoms with Gasteiger partial charge >= 0.3 is 0 Å². The highest BCUT2D eigenvalue weighted by Crippen LogP contribution is 2.45. The highest BCUT2D eigenvalue weighted by atomic mass is 16.5. The molecule has 2 N–H and O–H groups in total. The number of carbonyl (C=O) groups is 1. The first kappa shape index (κ1) is 20.4. The Morgan fingerprint density at radius 1 is 1.23 bits per heavy atom. The van der Waals surface area contributed by atoms with Gasteiger partial charge in [-0.1, -0.05) is 18.5 Å². The zero-order chi connectivity index (χ0) is 21.9. The van der Waals surface area contributed by atoms with Gasteiger partial charge in [-0.2, -0.15) is 0 Å². The van der Waals surface area contributed by atoms with Gasteiger partial charge in [0, 0.05) is 17.0 Å². The molecule has 6 heteroatoms. The number of H-pyrrole nitrogens is 1. The van der Waals surface area contributed by atoms with Gasteiger partial charge in [-0.3, -0.25) is 4.79 Å². The Morgan fingerprint density at radius 2 is 2.00 bits per heavy atom. The molecule has 4 unspecified atom stereocenters. The normalized spacial score (nSPS) is 23.4. The van der Waals surface area contributed by atoms with Crippen LogP contribution in [-0.2, 0) is 4.79 Å². The molecule has 1 aromatic carbocycles. The molecule has 0 saturated heterocycles. The zero-order valence-corrected chi connectivity index (χ0v) is 18.7. The average Bonchev–Trinajstić information content (AvgIpc) is 3.20. The van der Waals surface area contributed by atoms with E-state index in [-0.39, 0.29) is 11.7 Å². The van der Waals surface area contributed by atoms with Gasteiger partial charge in [-0.25, -0.2) is 4.98 Å². The van der Waals surface area contributed by atoms with E-state index in [2.05, 4.69) is 23.1 Å². The van der Waals surface area contributed by atoms with E-state index >= 15 is 0 Å². The number of benzene rings is 1. The number of imidazole rings is 1. The Morgan fingerprint density at radius 3 is 2.58 bits per heavy atom. The highest BCUT2D eigenvalue weighted by Gasteiger charge is 2.38. The number of carbonyl (C=O) groups excluding carboxylic acids is 1. The van der Waals surface area contributed by atoms with Gasteiger partial charge in [0.25, 0.3) is 0 Å². The summed E-state index contributed by atoms with van der Waals surface area (Å²) in [5, 5.41) is 15.7. The van der Waals surface area contributed by atoms with Crippen LogP contribution in [0.5, 0.6) is 0 Å². The molecule has 3 aromatic rings. The fraction of sp³-hybridized carbons (Fsp3) is 0.560. The molecule has 6 nitrogen and oxygen atoms in total. The minimum atomic E-state index is -0.883. The van der Waals surface area contributed by atoms with Crippen LogP contribution < -0.4 is 0 Å². The average molecular weight is 422 g/mol. The summed E-state index contributed by atoms with van der Waals surface area (Å²) in [4.78, 5) is 21.1. The molecule has 2 aromatic heterocycles. The SMILES string of the molecule is CC(=O)C(C1CCC(C)C1)C(O)c1cc(-c2c(C)noc2C)cc2[nH]c(C3CC3)nc12. The first-order valence-electron chi connectivity index (χ1n) is 11.5. The topological polar surface area (TPSA) is 92.0 Å². The van der Waals surface area contributed by atoms with Gasteiger partial charge in [0.2, 0.25) is 0 Å². The Balaban J connectivity index is 1.65. The fourth-order valence-electron chi connectivity index (χ4n) is 5.56. The number of aromatic nitrogens is 3.